The summed E-state index contributed by atoms with van der Waals surface area (Å²) >= 11 is 0. The third-order valence-electron chi connectivity index (χ3n) is 10.1. The molecule has 7 atom stereocenters. The van der Waals surface area contributed by atoms with Crippen LogP contribution in [-0.2, 0) is 46.6 Å². The topological polar surface area (TPSA) is 253 Å². The molecule has 18 heteroatoms. The van der Waals surface area contributed by atoms with Crippen molar-refractivity contribution in [3.63, 3.8) is 0 Å². The molecule has 1 rings (SSSR count). The van der Waals surface area contributed by atoms with Gasteiger partial charge in [-0.15, -0.1) is 0 Å². The Morgan fingerprint density at radius 3 is 1.89 bits per heavy atom. The molecule has 1 unspecified atom stereocenters. The number of carbonyl (C=O) groups is 3. The molecule has 16 nitrogen and oxygen atoms in total. The smallest absolute Gasteiger partial charge is 0.462 e. The van der Waals surface area contributed by atoms with Gasteiger partial charge in [0, 0.05) is 31.1 Å². The van der Waals surface area contributed by atoms with Gasteiger partial charge in [-0.1, -0.05) is 125 Å². The van der Waals surface area contributed by atoms with E-state index >= 15 is 0 Å². The van der Waals surface area contributed by atoms with E-state index in [4.69, 9.17) is 23.8 Å². The molecule has 0 aliphatic heterocycles. The number of hydrogen-bond donors (Lipinski definition) is 6. The van der Waals surface area contributed by atoms with Crippen LogP contribution >= 0.6 is 15.6 Å². The van der Waals surface area contributed by atoms with E-state index in [1.165, 1.54) is 0 Å². The van der Waals surface area contributed by atoms with Gasteiger partial charge in [0.1, 0.15) is 18.5 Å². The van der Waals surface area contributed by atoms with E-state index in [1.54, 1.807) is 12.2 Å². The number of allylic oxidation sites excluding steroid dienone is 12. The summed E-state index contributed by atoms with van der Waals surface area (Å²) in [6.07, 6.45) is 36.5. The Morgan fingerprint density at radius 2 is 1.26 bits per heavy atom. The molecule has 0 amide bonds. The maximum Gasteiger partial charge on any atom is 0.472 e. The lowest BCUT2D eigenvalue weighted by Crippen LogP contribution is -2.30. The van der Waals surface area contributed by atoms with Crippen LogP contribution in [-0.4, -0.2) is 98.6 Å². The number of esters is 2. The van der Waals surface area contributed by atoms with Crippen LogP contribution in [0.5, 0.6) is 0 Å². The van der Waals surface area contributed by atoms with Gasteiger partial charge >= 0.3 is 27.6 Å². The van der Waals surface area contributed by atoms with Crippen molar-refractivity contribution in [1.29, 1.82) is 0 Å². The summed E-state index contributed by atoms with van der Waals surface area (Å²) < 4.78 is 47.8. The first-order chi connectivity index (χ1) is 31.6. The molecule has 0 bridgehead atoms. The van der Waals surface area contributed by atoms with Gasteiger partial charge in [0.2, 0.25) is 0 Å². The van der Waals surface area contributed by atoms with Gasteiger partial charge in [0.05, 0.1) is 32.0 Å². The number of ether oxygens (including phenoxy) is 2. The molecule has 0 saturated heterocycles. The zero-order valence-electron chi connectivity index (χ0n) is 39.0. The lowest BCUT2D eigenvalue weighted by atomic mass is 9.90. The van der Waals surface area contributed by atoms with Crippen LogP contribution in [0.2, 0.25) is 0 Å². The maximum atomic E-state index is 12.7. The fraction of sp³-hybridized carbons (Fsp3) is 0.646. The second-order valence-electron chi connectivity index (χ2n) is 16.1. The minimum Gasteiger partial charge on any atom is -0.462 e. The molecule has 376 valence electrons. The van der Waals surface area contributed by atoms with Crippen LogP contribution in [0.15, 0.2) is 85.1 Å². The molecular weight excluding hydrogens is 894 g/mol. The SMILES string of the molecule is CC/C=C\C/C=C\C/C=C\C/C=C\C/C=C\CCCCCC(=O)O[C@H](COC(=O)CCC/C=C\C[C@H]1C(=O)C[C@@H](O)[C@@H]1/C=C/[C@@H](O)CCCCC)COP(=O)(O)OC[C@@H](O)COP(=O)(O)O. The van der Waals surface area contributed by atoms with Crippen LogP contribution in [0.4, 0.5) is 0 Å². The highest BCUT2D eigenvalue weighted by Gasteiger charge is 2.39. The molecule has 66 heavy (non-hydrogen) atoms. The monoisotopic (exact) mass is 972 g/mol. The maximum absolute atomic E-state index is 12.7. The quantitative estimate of drug-likeness (QED) is 0.0145. The van der Waals surface area contributed by atoms with E-state index in [0.29, 0.717) is 32.1 Å². The van der Waals surface area contributed by atoms with Gasteiger partial charge < -0.3 is 39.5 Å². The Hall–Kier alpha value is -3.11. The molecule has 0 spiro atoms. The summed E-state index contributed by atoms with van der Waals surface area (Å²) in [6.45, 7) is 1.19. The minimum absolute atomic E-state index is 0.0116. The first-order valence-electron chi connectivity index (χ1n) is 23.4. The Kier molecular flexibility index (Phi) is 34.9. The van der Waals surface area contributed by atoms with E-state index in [0.717, 1.165) is 70.6 Å². The van der Waals surface area contributed by atoms with Crippen molar-refractivity contribution in [2.75, 3.05) is 26.4 Å². The molecule has 0 aromatic rings. The van der Waals surface area contributed by atoms with Crippen molar-refractivity contribution in [1.82, 2.24) is 0 Å². The number of rotatable bonds is 39. The Bertz CT molecular complexity index is 1650. The Morgan fingerprint density at radius 1 is 0.682 bits per heavy atom. The van der Waals surface area contributed by atoms with Crippen molar-refractivity contribution >= 4 is 33.4 Å². The van der Waals surface area contributed by atoms with E-state index < -0.39 is 90.3 Å². The van der Waals surface area contributed by atoms with Crippen LogP contribution in [0.1, 0.15) is 136 Å². The number of aliphatic hydroxyl groups is 3. The molecule has 1 saturated carbocycles. The fourth-order valence-corrected chi connectivity index (χ4v) is 7.69. The average molecular weight is 973 g/mol. The normalized spacial score (nSPS) is 19.7. The van der Waals surface area contributed by atoms with Crippen molar-refractivity contribution in [2.24, 2.45) is 11.8 Å². The molecule has 0 radical (unpaired) electrons. The number of phosphoric acid groups is 2. The minimum atomic E-state index is -4.91. The highest BCUT2D eigenvalue weighted by molar-refractivity contribution is 7.47. The van der Waals surface area contributed by atoms with Crippen molar-refractivity contribution in [3.05, 3.63) is 85.1 Å². The summed E-state index contributed by atoms with van der Waals surface area (Å²) in [5.41, 5.74) is 0. The van der Waals surface area contributed by atoms with Crippen LogP contribution in [0, 0.1) is 11.8 Å². The van der Waals surface area contributed by atoms with Gasteiger partial charge in [-0.05, 0) is 77.0 Å². The number of Topliss-reactive ketones (excluding diaryl/α,β-unsaturated/α-hetero) is 1. The van der Waals surface area contributed by atoms with Gasteiger partial charge in [-0.3, -0.25) is 28.0 Å². The van der Waals surface area contributed by atoms with Gasteiger partial charge in [-0.2, -0.15) is 0 Å². The molecule has 0 heterocycles. The van der Waals surface area contributed by atoms with E-state index in [-0.39, 0.29) is 25.0 Å². The lowest BCUT2D eigenvalue weighted by Gasteiger charge is -2.20. The van der Waals surface area contributed by atoms with Crippen molar-refractivity contribution in [2.45, 2.75) is 160 Å². The molecule has 6 N–H and O–H groups in total. The van der Waals surface area contributed by atoms with E-state index in [1.807, 2.05) is 12.2 Å². The van der Waals surface area contributed by atoms with Crippen molar-refractivity contribution < 1.29 is 76.6 Å². The second kappa shape index (κ2) is 37.8. The summed E-state index contributed by atoms with van der Waals surface area (Å²) in [5.74, 6) is -2.13. The summed E-state index contributed by atoms with van der Waals surface area (Å²) in [7, 11) is -9.80. The van der Waals surface area contributed by atoms with E-state index in [9.17, 15) is 43.7 Å². The molecule has 0 aromatic heterocycles. The first kappa shape index (κ1) is 60.9. The zero-order valence-corrected chi connectivity index (χ0v) is 40.8. The van der Waals surface area contributed by atoms with Crippen LogP contribution in [0.25, 0.3) is 0 Å². The fourth-order valence-electron chi connectivity index (χ4n) is 6.53. The standard InChI is InChI=1S/C48H78O16P2/c1-3-5-7-8-9-10-11-12-13-14-15-16-17-18-19-20-21-22-28-32-48(54)64-42(39-63-66(58,59)62-37-41(50)36-61-65(55,56)57)38-60-47(53)31-27-24-23-26-30-43-44(46(52)35-45(43)51)34-33-40(49)29-25-6-4-2/h5,7,9-10,12-13,15-16,18-19,23,26,33-34,40-44,46,49-50,52H,3-4,6,8,11,14,17,20-22,24-25,27-32,35-39H2,1-2H3,(H,58,59)(H2,55,56,57)/b7-5-,10-9-,13-12-,16-15-,19-18-,26-23-,34-33+/t40-,41-,42+,43+,44+,46+/m0/s1. The molecule has 1 aliphatic rings. The average Bonchev–Trinajstić information content (AvgIpc) is 3.54. The van der Waals surface area contributed by atoms with Gasteiger partial charge in [0.25, 0.3) is 0 Å². The van der Waals surface area contributed by atoms with E-state index in [2.05, 4.69) is 83.7 Å². The third kappa shape index (κ3) is 34.2. The summed E-state index contributed by atoms with van der Waals surface area (Å²) in [5, 5.41) is 30.5. The molecule has 1 aliphatic carbocycles. The summed E-state index contributed by atoms with van der Waals surface area (Å²) in [4.78, 5) is 65.6. The predicted octanol–water partition coefficient (Wildman–Crippen LogP) is 8.93. The summed E-state index contributed by atoms with van der Waals surface area (Å²) in [6, 6.07) is 0. The first-order valence-corrected chi connectivity index (χ1v) is 26.4. The van der Waals surface area contributed by atoms with Gasteiger partial charge in [0.15, 0.2) is 6.10 Å². The number of phosphoric ester groups is 2. The third-order valence-corrected chi connectivity index (χ3v) is 11.6. The second-order valence-corrected chi connectivity index (χ2v) is 18.8. The number of ketones is 1. The number of aliphatic hydroxyl groups excluding tert-OH is 3. The van der Waals surface area contributed by atoms with Crippen LogP contribution < -0.4 is 0 Å². The molecular formula is C48H78O16P2. The Labute approximate surface area is 392 Å². The largest absolute Gasteiger partial charge is 0.472 e. The zero-order chi connectivity index (χ0) is 48.9. The lowest BCUT2D eigenvalue weighted by molar-refractivity contribution is -0.161. The Balaban J connectivity index is 2.57. The number of unbranched alkanes of at least 4 members (excludes halogenated alkanes) is 6. The number of carbonyl (C=O) groups excluding carboxylic acids is 3. The predicted molar refractivity (Wildman–Crippen MR) is 254 cm³/mol. The van der Waals surface area contributed by atoms with Crippen molar-refractivity contribution in [3.8, 4) is 0 Å². The molecule has 0 aromatic carbocycles. The highest BCUT2D eigenvalue weighted by atomic mass is 31.2. The van der Waals surface area contributed by atoms with Gasteiger partial charge in [-0.25, -0.2) is 9.13 Å². The highest BCUT2D eigenvalue weighted by Crippen LogP contribution is 2.44. The number of hydrogen-bond acceptors (Lipinski definition) is 13. The molecule has 1 fully saturated rings. The van der Waals surface area contributed by atoms with Crippen LogP contribution in [0.3, 0.4) is 0 Å².